The molecule has 0 bridgehead atoms. The van der Waals surface area contributed by atoms with Crippen molar-refractivity contribution in [3.8, 4) is 0 Å². The molecule has 5 nitrogen and oxygen atoms in total. The molecule has 0 heterocycles. The van der Waals surface area contributed by atoms with Gasteiger partial charge in [0.05, 0.1) is 18.0 Å². The molecule has 0 aliphatic heterocycles. The maximum Gasteiger partial charge on any atom is 0.323 e. The molecular weight excluding hydrogens is 174 g/mol. The van der Waals surface area contributed by atoms with Gasteiger partial charge in [-0.15, -0.1) is 11.6 Å². The molecule has 0 fully saturated rings. The SMILES string of the molecule is O=CO/N=C(/CCl)CC(=O)O. The summed E-state index contributed by atoms with van der Waals surface area (Å²) in [5.41, 5.74) is 0.103. The molecule has 0 unspecified atom stereocenters. The van der Waals surface area contributed by atoms with Crippen LogP contribution >= 0.6 is 11.6 Å². The van der Waals surface area contributed by atoms with E-state index in [9.17, 15) is 9.59 Å². The monoisotopic (exact) mass is 179 g/mol. The lowest BCUT2D eigenvalue weighted by Gasteiger charge is -1.94. The van der Waals surface area contributed by atoms with Crippen molar-refractivity contribution < 1.29 is 19.5 Å². The third-order valence-corrected chi connectivity index (χ3v) is 1.04. The fourth-order valence-electron chi connectivity index (χ4n) is 0.375. The molecule has 11 heavy (non-hydrogen) atoms. The summed E-state index contributed by atoms with van der Waals surface area (Å²) >= 11 is 5.26. The molecular formula is C5H6ClNO4. The molecule has 62 valence electrons. The van der Waals surface area contributed by atoms with Gasteiger partial charge in [0, 0.05) is 0 Å². The number of alkyl halides is 1. The Labute approximate surface area is 67.6 Å². The first-order valence-corrected chi connectivity index (χ1v) is 3.17. The number of carbonyl (C=O) groups excluding carboxylic acids is 1. The second-order valence-corrected chi connectivity index (χ2v) is 1.83. The van der Waals surface area contributed by atoms with Crippen molar-refractivity contribution in [3.05, 3.63) is 0 Å². The van der Waals surface area contributed by atoms with E-state index in [1.54, 1.807) is 0 Å². The zero-order chi connectivity index (χ0) is 8.69. The Kier molecular flexibility index (Phi) is 5.10. The molecule has 0 aromatic rings. The van der Waals surface area contributed by atoms with Crippen molar-refractivity contribution in [2.24, 2.45) is 5.16 Å². The van der Waals surface area contributed by atoms with Gasteiger partial charge in [-0.1, -0.05) is 5.16 Å². The molecule has 0 atom stereocenters. The van der Waals surface area contributed by atoms with Crippen LogP contribution in [0.1, 0.15) is 6.42 Å². The molecule has 0 aromatic carbocycles. The number of nitrogens with zero attached hydrogens (tertiary/aromatic N) is 1. The predicted molar refractivity (Wildman–Crippen MR) is 37.6 cm³/mol. The number of hydrogen-bond acceptors (Lipinski definition) is 4. The van der Waals surface area contributed by atoms with Gasteiger partial charge in [0.25, 0.3) is 0 Å². The minimum absolute atomic E-state index is 0.0693. The summed E-state index contributed by atoms with van der Waals surface area (Å²) in [5.74, 6) is -1.14. The maximum absolute atomic E-state index is 10.0. The van der Waals surface area contributed by atoms with E-state index >= 15 is 0 Å². The van der Waals surface area contributed by atoms with E-state index in [-0.39, 0.29) is 24.5 Å². The highest BCUT2D eigenvalue weighted by atomic mass is 35.5. The Hall–Kier alpha value is -1.10. The lowest BCUT2D eigenvalue weighted by atomic mass is 10.3. The van der Waals surface area contributed by atoms with E-state index in [0.29, 0.717) is 0 Å². The lowest BCUT2D eigenvalue weighted by molar-refractivity contribution is -0.136. The fraction of sp³-hybridized carbons (Fsp3) is 0.400. The van der Waals surface area contributed by atoms with Gasteiger partial charge in [-0.3, -0.25) is 9.59 Å². The molecule has 6 heteroatoms. The number of carbonyl (C=O) groups is 2. The van der Waals surface area contributed by atoms with Gasteiger partial charge in [0.2, 0.25) is 0 Å². The molecule has 0 amide bonds. The van der Waals surface area contributed by atoms with Gasteiger partial charge >= 0.3 is 12.4 Å². The van der Waals surface area contributed by atoms with Crippen molar-refractivity contribution in [1.82, 2.24) is 0 Å². The highest BCUT2D eigenvalue weighted by Crippen LogP contribution is 1.91. The van der Waals surface area contributed by atoms with Gasteiger partial charge in [0.15, 0.2) is 0 Å². The molecule has 0 aliphatic carbocycles. The van der Waals surface area contributed by atoms with Crippen molar-refractivity contribution in [2.45, 2.75) is 6.42 Å². The summed E-state index contributed by atoms with van der Waals surface area (Å²) in [5, 5.41) is 11.4. The second-order valence-electron chi connectivity index (χ2n) is 1.56. The van der Waals surface area contributed by atoms with Crippen molar-refractivity contribution in [3.63, 3.8) is 0 Å². The van der Waals surface area contributed by atoms with Crippen LogP contribution in [0.15, 0.2) is 5.16 Å². The number of rotatable bonds is 5. The number of carboxylic acid groups (broad SMARTS) is 1. The first kappa shape index (κ1) is 9.90. The summed E-state index contributed by atoms with van der Waals surface area (Å²) < 4.78 is 0. The quantitative estimate of drug-likeness (QED) is 0.216. The Bertz CT molecular complexity index is 179. The van der Waals surface area contributed by atoms with Gasteiger partial charge in [-0.2, -0.15) is 0 Å². The van der Waals surface area contributed by atoms with E-state index in [1.165, 1.54) is 0 Å². The number of halogens is 1. The number of oxime groups is 1. The fourth-order valence-corrected chi connectivity index (χ4v) is 0.518. The minimum atomic E-state index is -1.07. The molecule has 0 saturated heterocycles. The van der Waals surface area contributed by atoms with Crippen LogP contribution in [0, 0.1) is 0 Å². The smallest absolute Gasteiger partial charge is 0.323 e. The molecule has 0 aromatic heterocycles. The van der Waals surface area contributed by atoms with Crippen LogP contribution in [0.4, 0.5) is 0 Å². The topological polar surface area (TPSA) is 76.0 Å². The molecule has 0 rings (SSSR count). The minimum Gasteiger partial charge on any atom is -0.481 e. The Morgan fingerprint density at radius 3 is 2.73 bits per heavy atom. The van der Waals surface area contributed by atoms with Gasteiger partial charge in [-0.25, -0.2) is 0 Å². The third kappa shape index (κ3) is 5.35. The van der Waals surface area contributed by atoms with Crippen LogP contribution in [0.3, 0.4) is 0 Å². The highest BCUT2D eigenvalue weighted by Gasteiger charge is 2.04. The van der Waals surface area contributed by atoms with E-state index in [1.807, 2.05) is 0 Å². The normalized spacial score (nSPS) is 10.8. The summed E-state index contributed by atoms with van der Waals surface area (Å²) in [6.07, 6.45) is -0.322. The van der Waals surface area contributed by atoms with Crippen LogP contribution in [0.5, 0.6) is 0 Å². The Balaban J connectivity index is 3.92. The Morgan fingerprint density at radius 2 is 2.36 bits per heavy atom. The lowest BCUT2D eigenvalue weighted by Crippen LogP contribution is -2.08. The average Bonchev–Trinajstić information content (AvgIpc) is 1.97. The summed E-state index contributed by atoms with van der Waals surface area (Å²) in [6.45, 7) is 0.0917. The number of carboxylic acids is 1. The maximum atomic E-state index is 10.0. The summed E-state index contributed by atoms with van der Waals surface area (Å²) in [7, 11) is 0. The van der Waals surface area contributed by atoms with Crippen LogP contribution in [0.2, 0.25) is 0 Å². The average molecular weight is 180 g/mol. The van der Waals surface area contributed by atoms with Gasteiger partial charge < -0.3 is 9.94 Å². The first-order valence-electron chi connectivity index (χ1n) is 2.63. The Morgan fingerprint density at radius 1 is 1.73 bits per heavy atom. The largest absolute Gasteiger partial charge is 0.481 e. The molecule has 0 aliphatic rings. The van der Waals surface area contributed by atoms with Crippen molar-refractivity contribution in [2.75, 3.05) is 5.88 Å². The summed E-state index contributed by atoms with van der Waals surface area (Å²) in [6, 6.07) is 0. The first-order chi connectivity index (χ1) is 5.20. The molecule has 0 spiro atoms. The zero-order valence-corrected chi connectivity index (χ0v) is 6.24. The van der Waals surface area contributed by atoms with E-state index in [2.05, 4.69) is 9.99 Å². The zero-order valence-electron chi connectivity index (χ0n) is 5.49. The second kappa shape index (κ2) is 5.67. The molecule has 0 saturated carbocycles. The van der Waals surface area contributed by atoms with E-state index in [0.717, 1.165) is 0 Å². The van der Waals surface area contributed by atoms with E-state index < -0.39 is 5.97 Å². The predicted octanol–water partition coefficient (Wildman–Crippen LogP) is 0.229. The third-order valence-electron chi connectivity index (χ3n) is 0.734. The standard InChI is InChI=1S/C5H6ClNO4/c6-2-4(1-5(9)10)7-11-3-8/h3H,1-2H2,(H,9,10)/b7-4+. The van der Waals surface area contributed by atoms with E-state index in [4.69, 9.17) is 16.7 Å². The molecule has 0 radical (unpaired) electrons. The number of hydrogen-bond donors (Lipinski definition) is 1. The van der Waals surface area contributed by atoms with Gasteiger partial charge in [0.1, 0.15) is 0 Å². The van der Waals surface area contributed by atoms with Crippen molar-refractivity contribution >= 4 is 29.8 Å². The molecule has 1 N–H and O–H groups in total. The van der Waals surface area contributed by atoms with Crippen LogP contribution in [-0.4, -0.2) is 29.1 Å². The van der Waals surface area contributed by atoms with Crippen LogP contribution in [0.25, 0.3) is 0 Å². The number of aliphatic carboxylic acids is 1. The van der Waals surface area contributed by atoms with Crippen LogP contribution in [-0.2, 0) is 14.4 Å². The highest BCUT2D eigenvalue weighted by molar-refractivity contribution is 6.29. The van der Waals surface area contributed by atoms with Crippen molar-refractivity contribution in [1.29, 1.82) is 0 Å². The summed E-state index contributed by atoms with van der Waals surface area (Å²) in [4.78, 5) is 23.6. The van der Waals surface area contributed by atoms with Gasteiger partial charge in [-0.05, 0) is 0 Å². The van der Waals surface area contributed by atoms with Crippen LogP contribution < -0.4 is 0 Å².